The highest BCUT2D eigenvalue weighted by molar-refractivity contribution is 7.14. The molecule has 32 heavy (non-hydrogen) atoms. The van der Waals surface area contributed by atoms with Gasteiger partial charge in [-0.15, -0.1) is 11.3 Å². The van der Waals surface area contributed by atoms with Gasteiger partial charge in [0, 0.05) is 27.8 Å². The molecule has 4 nitrogen and oxygen atoms in total. The molecule has 1 N–H and O–H groups in total. The van der Waals surface area contributed by atoms with E-state index in [9.17, 15) is 4.79 Å². The molecule has 0 aliphatic carbocycles. The second-order valence-electron chi connectivity index (χ2n) is 7.99. The van der Waals surface area contributed by atoms with Gasteiger partial charge >= 0.3 is 0 Å². The van der Waals surface area contributed by atoms with Gasteiger partial charge in [0.25, 0.3) is 0 Å². The maximum absolute atomic E-state index is 12.3. The summed E-state index contributed by atoms with van der Waals surface area (Å²) in [5, 5.41) is 7.52. The van der Waals surface area contributed by atoms with Crippen LogP contribution in [0.2, 0.25) is 0 Å². The summed E-state index contributed by atoms with van der Waals surface area (Å²) in [5.74, 6) is 0.290. The Morgan fingerprint density at radius 2 is 1.78 bits per heavy atom. The van der Waals surface area contributed by atoms with Crippen molar-refractivity contribution < 1.29 is 9.21 Å². The normalized spacial score (nSPS) is 11.7. The molecule has 0 radical (unpaired) electrons. The predicted octanol–water partition coefficient (Wildman–Crippen LogP) is 7.48. The molecule has 0 unspecified atom stereocenters. The summed E-state index contributed by atoms with van der Waals surface area (Å²) < 4.78 is 5.90. The number of fused-ring (bicyclic) bond motifs is 3. The first-order valence-corrected chi connectivity index (χ1v) is 11.4. The number of thiazole rings is 1. The molecule has 5 rings (SSSR count). The number of nitrogens with one attached hydrogen (secondary N) is 1. The summed E-state index contributed by atoms with van der Waals surface area (Å²) in [6.45, 7) is 4.33. The van der Waals surface area contributed by atoms with E-state index in [-0.39, 0.29) is 5.91 Å². The topological polar surface area (TPSA) is 55.1 Å². The minimum Gasteiger partial charge on any atom is -0.456 e. The Morgan fingerprint density at radius 3 is 2.59 bits per heavy atom. The summed E-state index contributed by atoms with van der Waals surface area (Å²) in [5.41, 5.74) is 5.81. The van der Waals surface area contributed by atoms with Gasteiger partial charge in [-0.25, -0.2) is 4.98 Å². The SMILES string of the molecule is CC(C)c1ccc(/C=C/C(=O)Nc2nc(-c3ccc4oc5ccccc5c4c3)cs2)cc1. The number of rotatable bonds is 5. The van der Waals surface area contributed by atoms with Crippen LogP contribution in [0.3, 0.4) is 0 Å². The van der Waals surface area contributed by atoms with E-state index in [0.29, 0.717) is 11.0 Å². The highest BCUT2D eigenvalue weighted by Gasteiger charge is 2.11. The van der Waals surface area contributed by atoms with Gasteiger partial charge in [-0.1, -0.05) is 56.3 Å². The maximum Gasteiger partial charge on any atom is 0.250 e. The van der Waals surface area contributed by atoms with Crippen LogP contribution >= 0.6 is 11.3 Å². The first-order chi connectivity index (χ1) is 15.6. The zero-order valence-electron chi connectivity index (χ0n) is 17.8. The number of benzene rings is 3. The summed E-state index contributed by atoms with van der Waals surface area (Å²) in [6.07, 6.45) is 3.35. The minimum absolute atomic E-state index is 0.199. The van der Waals surface area contributed by atoms with Crippen molar-refractivity contribution in [1.29, 1.82) is 0 Å². The lowest BCUT2D eigenvalue weighted by molar-refractivity contribution is -0.111. The van der Waals surface area contributed by atoms with Crippen LogP contribution in [0.5, 0.6) is 0 Å². The van der Waals surface area contributed by atoms with Crippen LogP contribution in [0.4, 0.5) is 5.13 Å². The van der Waals surface area contributed by atoms with Gasteiger partial charge < -0.3 is 4.42 Å². The average molecular weight is 439 g/mol. The smallest absolute Gasteiger partial charge is 0.250 e. The monoisotopic (exact) mass is 438 g/mol. The Balaban J connectivity index is 1.31. The molecular weight excluding hydrogens is 416 g/mol. The molecular formula is C27H22N2O2S. The molecule has 0 aliphatic heterocycles. The van der Waals surface area contributed by atoms with Crippen molar-refractivity contribution in [2.24, 2.45) is 0 Å². The second kappa shape index (κ2) is 8.44. The Bertz CT molecular complexity index is 1440. The molecule has 158 valence electrons. The van der Waals surface area contributed by atoms with Crippen molar-refractivity contribution >= 4 is 50.4 Å². The molecule has 5 heteroatoms. The number of amides is 1. The lowest BCUT2D eigenvalue weighted by Gasteiger charge is -2.04. The van der Waals surface area contributed by atoms with E-state index in [1.54, 1.807) is 0 Å². The van der Waals surface area contributed by atoms with Crippen molar-refractivity contribution in [3.05, 3.63) is 89.3 Å². The molecule has 3 aromatic carbocycles. The van der Waals surface area contributed by atoms with Gasteiger partial charge in [-0.2, -0.15) is 0 Å². The molecule has 0 saturated carbocycles. The Hall–Kier alpha value is -3.70. The van der Waals surface area contributed by atoms with Gasteiger partial charge in [0.15, 0.2) is 5.13 Å². The number of nitrogens with zero attached hydrogens (tertiary/aromatic N) is 1. The largest absolute Gasteiger partial charge is 0.456 e. The molecule has 5 aromatic rings. The molecule has 0 bridgehead atoms. The fourth-order valence-electron chi connectivity index (χ4n) is 3.66. The Labute approximate surface area is 190 Å². The number of hydrogen-bond acceptors (Lipinski definition) is 4. The first kappa shape index (κ1) is 20.2. The molecule has 2 heterocycles. The fraction of sp³-hybridized carbons (Fsp3) is 0.111. The third kappa shape index (κ3) is 4.07. The van der Waals surface area contributed by atoms with Crippen LogP contribution in [0.15, 0.2) is 82.6 Å². The number of furan rings is 1. The van der Waals surface area contributed by atoms with Crippen molar-refractivity contribution in [3.8, 4) is 11.3 Å². The van der Waals surface area contributed by atoms with E-state index in [2.05, 4.69) is 48.4 Å². The zero-order chi connectivity index (χ0) is 22.1. The predicted molar refractivity (Wildman–Crippen MR) is 133 cm³/mol. The van der Waals surface area contributed by atoms with E-state index in [0.717, 1.165) is 38.8 Å². The molecule has 0 aliphatic rings. The van der Waals surface area contributed by atoms with E-state index in [4.69, 9.17) is 4.42 Å². The van der Waals surface area contributed by atoms with Crippen molar-refractivity contribution in [2.45, 2.75) is 19.8 Å². The van der Waals surface area contributed by atoms with Gasteiger partial charge in [0.1, 0.15) is 11.2 Å². The van der Waals surface area contributed by atoms with Gasteiger partial charge in [-0.05, 0) is 47.4 Å². The third-order valence-electron chi connectivity index (χ3n) is 5.44. The van der Waals surface area contributed by atoms with Crippen molar-refractivity contribution in [1.82, 2.24) is 4.98 Å². The molecule has 0 fully saturated rings. The summed E-state index contributed by atoms with van der Waals surface area (Å²) in [4.78, 5) is 16.9. The van der Waals surface area contributed by atoms with Crippen LogP contribution in [0.1, 0.15) is 30.9 Å². The number of hydrogen-bond donors (Lipinski definition) is 1. The number of aromatic nitrogens is 1. The number of carbonyl (C=O) groups excluding carboxylic acids is 1. The Morgan fingerprint density at radius 1 is 1.00 bits per heavy atom. The second-order valence-corrected chi connectivity index (χ2v) is 8.85. The lowest BCUT2D eigenvalue weighted by atomic mass is 10.0. The molecule has 0 atom stereocenters. The molecule has 2 aromatic heterocycles. The number of para-hydroxylation sites is 1. The van der Waals surface area contributed by atoms with Crippen molar-refractivity contribution in [3.63, 3.8) is 0 Å². The standard InChI is InChI=1S/C27H22N2O2S/c1-17(2)19-10-7-18(8-11-19)9-14-26(30)29-27-28-23(16-32-27)20-12-13-25-22(15-20)21-5-3-4-6-24(21)31-25/h3-17H,1-2H3,(H,28,29,30)/b14-9+. The average Bonchev–Trinajstić information content (AvgIpc) is 3.42. The summed E-state index contributed by atoms with van der Waals surface area (Å²) in [7, 11) is 0. The highest BCUT2D eigenvalue weighted by atomic mass is 32.1. The van der Waals surface area contributed by atoms with Crippen LogP contribution in [-0.2, 0) is 4.79 Å². The van der Waals surface area contributed by atoms with E-state index in [1.165, 1.54) is 23.0 Å². The minimum atomic E-state index is -0.199. The molecule has 0 saturated heterocycles. The number of carbonyl (C=O) groups is 1. The van der Waals surface area contributed by atoms with Crippen LogP contribution in [-0.4, -0.2) is 10.9 Å². The Kier molecular flexibility index (Phi) is 5.33. The van der Waals surface area contributed by atoms with Crippen molar-refractivity contribution in [2.75, 3.05) is 5.32 Å². The van der Waals surface area contributed by atoms with Crippen LogP contribution in [0.25, 0.3) is 39.3 Å². The zero-order valence-corrected chi connectivity index (χ0v) is 18.6. The van der Waals surface area contributed by atoms with E-state index < -0.39 is 0 Å². The summed E-state index contributed by atoms with van der Waals surface area (Å²) >= 11 is 1.41. The lowest BCUT2D eigenvalue weighted by Crippen LogP contribution is -2.07. The number of anilines is 1. The first-order valence-electron chi connectivity index (χ1n) is 10.5. The van der Waals surface area contributed by atoms with E-state index >= 15 is 0 Å². The molecule has 1 amide bonds. The molecule has 0 spiro atoms. The summed E-state index contributed by atoms with van der Waals surface area (Å²) in [6, 6.07) is 22.3. The fourth-order valence-corrected chi connectivity index (χ4v) is 4.38. The van der Waals surface area contributed by atoms with Gasteiger partial charge in [0.2, 0.25) is 5.91 Å². The third-order valence-corrected chi connectivity index (χ3v) is 6.19. The maximum atomic E-state index is 12.3. The van der Waals surface area contributed by atoms with E-state index in [1.807, 2.05) is 53.9 Å². The highest BCUT2D eigenvalue weighted by Crippen LogP contribution is 2.33. The van der Waals surface area contributed by atoms with Gasteiger partial charge in [-0.3, -0.25) is 10.1 Å². The van der Waals surface area contributed by atoms with Gasteiger partial charge in [0.05, 0.1) is 5.69 Å². The quantitative estimate of drug-likeness (QED) is 0.289. The van der Waals surface area contributed by atoms with Crippen LogP contribution < -0.4 is 5.32 Å². The van der Waals surface area contributed by atoms with Crippen LogP contribution in [0, 0.1) is 0 Å².